The van der Waals surface area contributed by atoms with E-state index in [0.29, 0.717) is 0 Å². The minimum absolute atomic E-state index is 0.0431. The van der Waals surface area contributed by atoms with Crippen LogP contribution in [0.1, 0.15) is 47.4 Å². The number of carbonyl (C=O) groups is 2. The summed E-state index contributed by atoms with van der Waals surface area (Å²) >= 11 is 0. The molecular weight excluding hydrogens is 344 g/mol. The Balaban J connectivity index is 3.05. The third-order valence-electron chi connectivity index (χ3n) is 4.00. The Hall–Kier alpha value is -3.42. The molecule has 0 bridgehead atoms. The number of Topliss-reactive ketones (excluding diaryl/α,β-unsaturated/α-hetero) is 2. The maximum atomic E-state index is 12.3. The molecule has 6 N–H and O–H groups in total. The third kappa shape index (κ3) is 2.85. The van der Waals surface area contributed by atoms with Crippen LogP contribution in [-0.2, 0) is 0 Å². The van der Waals surface area contributed by atoms with Gasteiger partial charge in [-0.05, 0) is 12.1 Å². The molecule has 0 spiro atoms. The van der Waals surface area contributed by atoms with Gasteiger partial charge in [-0.2, -0.15) is 0 Å². The van der Waals surface area contributed by atoms with E-state index >= 15 is 0 Å². The molecule has 0 heterocycles. The van der Waals surface area contributed by atoms with Crippen molar-refractivity contribution in [2.24, 2.45) is 0 Å². The number of ketones is 2. The Morgan fingerprint density at radius 3 is 1.23 bits per heavy atom. The number of benzene rings is 2. The van der Waals surface area contributed by atoms with E-state index in [2.05, 4.69) is 0 Å². The molecule has 8 heteroatoms. The lowest BCUT2D eigenvalue weighted by Gasteiger charge is -2.18. The van der Waals surface area contributed by atoms with Crippen LogP contribution in [0.4, 0.5) is 0 Å². The van der Waals surface area contributed by atoms with Crippen LogP contribution in [0.2, 0.25) is 0 Å². The Kier molecular flexibility index (Phi) is 4.97. The van der Waals surface area contributed by atoms with Crippen molar-refractivity contribution in [3.05, 3.63) is 23.3 Å². The highest BCUT2D eigenvalue weighted by Gasteiger charge is 2.29. The molecular formula is C18H18O8. The third-order valence-corrected chi connectivity index (χ3v) is 4.00. The first-order valence-electron chi connectivity index (χ1n) is 7.78. The molecule has 0 atom stereocenters. The highest BCUT2D eigenvalue weighted by Crippen LogP contribution is 2.52. The van der Waals surface area contributed by atoms with Crippen LogP contribution in [0.5, 0.6) is 34.5 Å². The van der Waals surface area contributed by atoms with Crippen molar-refractivity contribution >= 4 is 11.6 Å². The largest absolute Gasteiger partial charge is 0.504 e. The van der Waals surface area contributed by atoms with Crippen LogP contribution >= 0.6 is 0 Å². The fourth-order valence-electron chi connectivity index (χ4n) is 2.62. The zero-order chi connectivity index (χ0) is 19.8. The molecule has 0 amide bonds. The van der Waals surface area contributed by atoms with E-state index in [0.717, 1.165) is 12.1 Å². The minimum Gasteiger partial charge on any atom is -0.504 e. The molecule has 0 fully saturated rings. The summed E-state index contributed by atoms with van der Waals surface area (Å²) in [7, 11) is 0. The highest BCUT2D eigenvalue weighted by molar-refractivity contribution is 6.11. The van der Waals surface area contributed by atoms with E-state index in [-0.39, 0.29) is 24.0 Å². The zero-order valence-corrected chi connectivity index (χ0v) is 14.1. The van der Waals surface area contributed by atoms with Crippen molar-refractivity contribution in [2.75, 3.05) is 0 Å². The average molecular weight is 362 g/mol. The van der Waals surface area contributed by atoms with Crippen LogP contribution in [0.25, 0.3) is 11.1 Å². The Bertz CT molecular complexity index is 839. The maximum absolute atomic E-state index is 12.3. The van der Waals surface area contributed by atoms with E-state index < -0.39 is 57.2 Å². The Morgan fingerprint density at radius 2 is 0.962 bits per heavy atom. The predicted octanol–water partition coefficient (Wildman–Crippen LogP) is 2.77. The molecule has 0 aliphatic carbocycles. The summed E-state index contributed by atoms with van der Waals surface area (Å²) < 4.78 is 0. The van der Waals surface area contributed by atoms with Crippen molar-refractivity contribution in [1.82, 2.24) is 0 Å². The number of rotatable bonds is 5. The molecule has 2 aromatic rings. The van der Waals surface area contributed by atoms with E-state index in [1.807, 2.05) is 0 Å². The number of aromatic hydroxyl groups is 6. The summed E-state index contributed by atoms with van der Waals surface area (Å²) in [5.74, 6) is -6.49. The van der Waals surface area contributed by atoms with Crippen molar-refractivity contribution in [2.45, 2.75) is 26.7 Å². The van der Waals surface area contributed by atoms with Crippen molar-refractivity contribution in [3.8, 4) is 45.6 Å². The monoisotopic (exact) mass is 362 g/mol. The van der Waals surface area contributed by atoms with Gasteiger partial charge in [0.05, 0.1) is 0 Å². The zero-order valence-electron chi connectivity index (χ0n) is 14.1. The minimum atomic E-state index is -0.963. The van der Waals surface area contributed by atoms with Crippen LogP contribution in [0.3, 0.4) is 0 Å². The fraction of sp³-hybridized carbons (Fsp3) is 0.222. The summed E-state index contributed by atoms with van der Waals surface area (Å²) in [6.07, 6.45) is -0.0862. The highest BCUT2D eigenvalue weighted by atomic mass is 16.3. The molecule has 138 valence electrons. The first kappa shape index (κ1) is 18.9. The summed E-state index contributed by atoms with van der Waals surface area (Å²) in [6, 6.07) is 1.78. The molecule has 8 nitrogen and oxygen atoms in total. The number of carbonyl (C=O) groups excluding carboxylic acids is 2. The van der Waals surface area contributed by atoms with Crippen LogP contribution < -0.4 is 0 Å². The lowest BCUT2D eigenvalue weighted by Crippen LogP contribution is -2.05. The van der Waals surface area contributed by atoms with E-state index in [1.165, 1.54) is 13.8 Å². The second-order valence-corrected chi connectivity index (χ2v) is 5.58. The molecule has 0 saturated carbocycles. The number of phenols is 6. The molecule has 2 rings (SSSR count). The van der Waals surface area contributed by atoms with Gasteiger partial charge in [0, 0.05) is 35.1 Å². The number of hydrogen-bond acceptors (Lipinski definition) is 8. The quantitative estimate of drug-likeness (QED) is 0.350. The summed E-state index contributed by atoms with van der Waals surface area (Å²) in [6.45, 7) is 3.03. The second-order valence-electron chi connectivity index (χ2n) is 5.58. The van der Waals surface area contributed by atoms with E-state index in [9.17, 15) is 40.2 Å². The van der Waals surface area contributed by atoms with E-state index in [1.54, 1.807) is 0 Å². The fourth-order valence-corrected chi connectivity index (χ4v) is 2.62. The van der Waals surface area contributed by atoms with Crippen molar-refractivity contribution < 1.29 is 40.2 Å². The molecule has 0 aliphatic heterocycles. The maximum Gasteiger partial charge on any atom is 0.200 e. The van der Waals surface area contributed by atoms with Gasteiger partial charge in [-0.1, -0.05) is 13.8 Å². The molecule has 0 aliphatic rings. The standard InChI is InChI=1S/C18H18O8/c1-3-9(19)7-5-11(21)15(23)17(25)13(7)14-8(10(20)4-2)6-12(22)16(24)18(14)26/h5-6,21-26H,3-4H2,1-2H3. The smallest absolute Gasteiger partial charge is 0.200 e. The Labute approximate surface area is 148 Å². The lowest BCUT2D eigenvalue weighted by molar-refractivity contribution is 0.0978. The molecule has 2 aromatic carbocycles. The first-order valence-corrected chi connectivity index (χ1v) is 7.78. The normalized spacial score (nSPS) is 10.7. The number of phenolic OH excluding ortho intramolecular Hbond substituents is 6. The van der Waals surface area contributed by atoms with E-state index in [4.69, 9.17) is 0 Å². The van der Waals surface area contributed by atoms with Gasteiger partial charge < -0.3 is 30.6 Å². The molecule has 0 unspecified atom stereocenters. The van der Waals surface area contributed by atoms with Crippen molar-refractivity contribution in [1.29, 1.82) is 0 Å². The Morgan fingerprint density at radius 1 is 0.654 bits per heavy atom. The van der Waals surface area contributed by atoms with Crippen LogP contribution in [-0.4, -0.2) is 42.2 Å². The van der Waals surface area contributed by atoms with Crippen LogP contribution in [0, 0.1) is 0 Å². The van der Waals surface area contributed by atoms with Gasteiger partial charge in [0.25, 0.3) is 0 Å². The van der Waals surface area contributed by atoms with Gasteiger partial charge in [-0.3, -0.25) is 9.59 Å². The average Bonchev–Trinajstić information content (AvgIpc) is 2.63. The van der Waals surface area contributed by atoms with Crippen molar-refractivity contribution in [3.63, 3.8) is 0 Å². The topological polar surface area (TPSA) is 156 Å². The van der Waals surface area contributed by atoms with Gasteiger partial charge in [0.2, 0.25) is 11.5 Å². The van der Waals surface area contributed by atoms with Gasteiger partial charge in [-0.15, -0.1) is 0 Å². The van der Waals surface area contributed by atoms with Gasteiger partial charge >= 0.3 is 0 Å². The SMILES string of the molecule is CCC(=O)c1cc(O)c(O)c(O)c1-c1c(C(=O)CC)cc(O)c(O)c1O. The lowest BCUT2D eigenvalue weighted by atomic mass is 9.88. The van der Waals surface area contributed by atoms with Gasteiger partial charge in [0.1, 0.15) is 0 Å². The predicted molar refractivity (Wildman–Crippen MR) is 91.1 cm³/mol. The molecule has 26 heavy (non-hydrogen) atoms. The van der Waals surface area contributed by atoms with Gasteiger partial charge in [0.15, 0.2) is 34.6 Å². The second kappa shape index (κ2) is 6.83. The van der Waals surface area contributed by atoms with Gasteiger partial charge in [-0.25, -0.2) is 0 Å². The molecule has 0 radical (unpaired) electrons. The first-order chi connectivity index (χ1) is 12.1. The summed E-state index contributed by atoms with van der Waals surface area (Å²) in [5, 5.41) is 59.7. The molecule has 0 saturated heterocycles. The summed E-state index contributed by atoms with van der Waals surface area (Å²) in [4.78, 5) is 24.5. The number of hydrogen-bond donors (Lipinski definition) is 6. The summed E-state index contributed by atoms with van der Waals surface area (Å²) in [5.41, 5.74) is -1.41. The van der Waals surface area contributed by atoms with Crippen LogP contribution in [0.15, 0.2) is 12.1 Å². The molecule has 0 aromatic heterocycles.